The number of furan rings is 1. The lowest BCUT2D eigenvalue weighted by atomic mass is 9.90. The van der Waals surface area contributed by atoms with Crippen LogP contribution in [0, 0.1) is 5.41 Å². The maximum atomic E-state index is 11.5. The summed E-state index contributed by atoms with van der Waals surface area (Å²) in [6.45, 7) is 5.38. The molecule has 1 N–H and O–H groups in total. The van der Waals surface area contributed by atoms with Gasteiger partial charge >= 0.3 is 0 Å². The van der Waals surface area contributed by atoms with Gasteiger partial charge in [-0.1, -0.05) is 20.8 Å². The smallest absolute Gasteiger partial charge is 0.168 e. The third-order valence-corrected chi connectivity index (χ3v) is 1.78. The van der Waals surface area contributed by atoms with Crippen LogP contribution in [0.2, 0.25) is 0 Å². The molecule has 0 aromatic carbocycles. The van der Waals surface area contributed by atoms with Gasteiger partial charge in [-0.25, -0.2) is 0 Å². The molecular formula is C11H14O3. The highest BCUT2D eigenvalue weighted by Crippen LogP contribution is 2.19. The molecule has 0 saturated carbocycles. The summed E-state index contributed by atoms with van der Waals surface area (Å²) >= 11 is 0. The largest absolute Gasteiger partial charge is 0.504 e. The second-order valence-electron chi connectivity index (χ2n) is 4.12. The number of aliphatic hydroxyl groups excluding tert-OH is 1. The molecule has 0 aliphatic heterocycles. The minimum absolute atomic E-state index is 0.130. The van der Waals surface area contributed by atoms with Crippen LogP contribution >= 0.6 is 0 Å². The van der Waals surface area contributed by atoms with E-state index in [9.17, 15) is 9.90 Å². The molecule has 1 heterocycles. The molecule has 76 valence electrons. The molecular weight excluding hydrogens is 180 g/mol. The summed E-state index contributed by atoms with van der Waals surface area (Å²) in [6, 6.07) is 3.25. The Morgan fingerprint density at radius 2 is 2.14 bits per heavy atom. The minimum atomic E-state index is -0.486. The number of hydrogen-bond acceptors (Lipinski definition) is 3. The maximum Gasteiger partial charge on any atom is 0.168 e. The predicted octanol–water partition coefficient (Wildman–Crippen LogP) is 2.79. The van der Waals surface area contributed by atoms with Gasteiger partial charge in [-0.05, 0) is 12.1 Å². The molecule has 3 heteroatoms. The van der Waals surface area contributed by atoms with Crippen LogP contribution < -0.4 is 0 Å². The van der Waals surface area contributed by atoms with Gasteiger partial charge in [0, 0.05) is 11.5 Å². The SMILES string of the molecule is CC(C)(C)C(=O)/C=C(\O)c1ccco1. The highest BCUT2D eigenvalue weighted by atomic mass is 16.4. The molecule has 0 aliphatic rings. The fourth-order valence-corrected chi connectivity index (χ4v) is 0.836. The van der Waals surface area contributed by atoms with Crippen molar-refractivity contribution in [1.82, 2.24) is 0 Å². The molecule has 0 spiro atoms. The molecule has 0 saturated heterocycles. The number of ketones is 1. The van der Waals surface area contributed by atoms with E-state index in [1.807, 2.05) is 0 Å². The van der Waals surface area contributed by atoms with Gasteiger partial charge in [0.05, 0.1) is 6.26 Å². The van der Waals surface area contributed by atoms with E-state index < -0.39 is 5.41 Å². The summed E-state index contributed by atoms with van der Waals surface area (Å²) in [6.07, 6.45) is 2.64. The monoisotopic (exact) mass is 194 g/mol. The Bertz CT molecular complexity index is 339. The van der Waals surface area contributed by atoms with Crippen molar-refractivity contribution < 1.29 is 14.3 Å². The van der Waals surface area contributed by atoms with Crippen molar-refractivity contribution in [1.29, 1.82) is 0 Å². The number of carbonyl (C=O) groups is 1. The number of carbonyl (C=O) groups excluding carboxylic acids is 1. The third-order valence-electron chi connectivity index (χ3n) is 1.78. The highest BCUT2D eigenvalue weighted by molar-refractivity contribution is 5.98. The van der Waals surface area contributed by atoms with Crippen molar-refractivity contribution in [3.63, 3.8) is 0 Å². The lowest BCUT2D eigenvalue weighted by Gasteiger charge is -2.13. The first-order chi connectivity index (χ1) is 6.41. The average molecular weight is 194 g/mol. The van der Waals surface area contributed by atoms with E-state index in [0.717, 1.165) is 0 Å². The summed E-state index contributed by atoms with van der Waals surface area (Å²) in [4.78, 5) is 11.5. The van der Waals surface area contributed by atoms with E-state index in [1.54, 1.807) is 32.9 Å². The van der Waals surface area contributed by atoms with Crippen molar-refractivity contribution in [3.05, 3.63) is 30.2 Å². The van der Waals surface area contributed by atoms with Crippen LogP contribution in [0.15, 0.2) is 28.9 Å². The summed E-state index contributed by atoms with van der Waals surface area (Å²) in [5.74, 6) is 0.0453. The summed E-state index contributed by atoms with van der Waals surface area (Å²) < 4.78 is 4.94. The molecule has 0 amide bonds. The van der Waals surface area contributed by atoms with Gasteiger partial charge < -0.3 is 9.52 Å². The first kappa shape index (κ1) is 10.6. The lowest BCUT2D eigenvalue weighted by molar-refractivity contribution is -0.121. The van der Waals surface area contributed by atoms with E-state index in [1.165, 1.54) is 12.3 Å². The summed E-state index contributed by atoms with van der Waals surface area (Å²) in [5.41, 5.74) is -0.486. The zero-order valence-electron chi connectivity index (χ0n) is 8.57. The molecule has 1 rings (SSSR count). The summed E-state index contributed by atoms with van der Waals surface area (Å²) in [5, 5.41) is 9.49. The lowest BCUT2D eigenvalue weighted by Crippen LogP contribution is -2.17. The van der Waals surface area contributed by atoms with Gasteiger partial charge in [-0.15, -0.1) is 0 Å². The Kier molecular flexibility index (Phi) is 2.79. The molecule has 1 aromatic heterocycles. The van der Waals surface area contributed by atoms with Gasteiger partial charge in [0.2, 0.25) is 0 Å². The predicted molar refractivity (Wildman–Crippen MR) is 53.8 cm³/mol. The molecule has 0 atom stereocenters. The zero-order chi connectivity index (χ0) is 10.8. The Hall–Kier alpha value is -1.51. The molecule has 3 nitrogen and oxygen atoms in total. The van der Waals surface area contributed by atoms with E-state index in [2.05, 4.69) is 0 Å². The van der Waals surface area contributed by atoms with Crippen molar-refractivity contribution in [2.45, 2.75) is 20.8 Å². The third kappa shape index (κ3) is 2.49. The quantitative estimate of drug-likeness (QED) is 0.581. The minimum Gasteiger partial charge on any atom is -0.504 e. The molecule has 1 aromatic rings. The van der Waals surface area contributed by atoms with Crippen LogP contribution in [0.5, 0.6) is 0 Å². The van der Waals surface area contributed by atoms with Crippen LogP contribution in [0.25, 0.3) is 5.76 Å². The number of hydrogen-bond donors (Lipinski definition) is 1. The zero-order valence-corrected chi connectivity index (χ0v) is 8.57. The number of allylic oxidation sites excluding steroid dienone is 1. The molecule has 0 bridgehead atoms. The molecule has 0 radical (unpaired) electrons. The van der Waals surface area contributed by atoms with Gasteiger partial charge in [-0.3, -0.25) is 4.79 Å². The van der Waals surface area contributed by atoms with E-state index >= 15 is 0 Å². The Labute approximate surface area is 83.0 Å². The highest BCUT2D eigenvalue weighted by Gasteiger charge is 2.20. The first-order valence-corrected chi connectivity index (χ1v) is 4.40. The van der Waals surface area contributed by atoms with Crippen molar-refractivity contribution >= 4 is 11.5 Å². The average Bonchev–Trinajstić information content (AvgIpc) is 2.53. The van der Waals surface area contributed by atoms with Crippen LogP contribution in [-0.2, 0) is 4.79 Å². The molecule has 14 heavy (non-hydrogen) atoms. The first-order valence-electron chi connectivity index (χ1n) is 4.40. The van der Waals surface area contributed by atoms with Crippen LogP contribution in [0.3, 0.4) is 0 Å². The molecule has 0 fully saturated rings. The standard InChI is InChI=1S/C11H14O3/c1-11(2,3)10(13)7-8(12)9-5-4-6-14-9/h4-7,12H,1-3H3/b8-7-. The Morgan fingerprint density at radius 1 is 1.50 bits per heavy atom. The van der Waals surface area contributed by atoms with Gasteiger partial charge in [-0.2, -0.15) is 0 Å². The van der Waals surface area contributed by atoms with Crippen LogP contribution in [0.1, 0.15) is 26.5 Å². The Morgan fingerprint density at radius 3 is 2.57 bits per heavy atom. The van der Waals surface area contributed by atoms with Crippen molar-refractivity contribution in [2.75, 3.05) is 0 Å². The Balaban J connectivity index is 2.85. The van der Waals surface area contributed by atoms with Gasteiger partial charge in [0.1, 0.15) is 0 Å². The fourth-order valence-electron chi connectivity index (χ4n) is 0.836. The normalized spacial score (nSPS) is 12.9. The van der Waals surface area contributed by atoms with Crippen LogP contribution in [-0.4, -0.2) is 10.9 Å². The van der Waals surface area contributed by atoms with Gasteiger partial charge in [0.25, 0.3) is 0 Å². The van der Waals surface area contributed by atoms with Crippen molar-refractivity contribution in [2.24, 2.45) is 5.41 Å². The molecule has 0 aliphatic carbocycles. The fraction of sp³-hybridized carbons (Fsp3) is 0.364. The van der Waals surface area contributed by atoms with E-state index in [4.69, 9.17) is 4.42 Å². The van der Waals surface area contributed by atoms with Gasteiger partial charge in [0.15, 0.2) is 17.3 Å². The second-order valence-corrected chi connectivity index (χ2v) is 4.12. The van der Waals surface area contributed by atoms with Crippen molar-refractivity contribution in [3.8, 4) is 0 Å². The number of rotatable bonds is 2. The van der Waals surface area contributed by atoms with E-state index in [0.29, 0.717) is 5.76 Å². The topological polar surface area (TPSA) is 50.4 Å². The molecule has 0 unspecified atom stereocenters. The summed E-state index contributed by atoms with van der Waals surface area (Å²) in [7, 11) is 0. The van der Waals surface area contributed by atoms with E-state index in [-0.39, 0.29) is 11.5 Å². The maximum absolute atomic E-state index is 11.5. The van der Waals surface area contributed by atoms with Crippen LogP contribution in [0.4, 0.5) is 0 Å². The number of aliphatic hydroxyl groups is 1. The second kappa shape index (κ2) is 3.70.